The lowest BCUT2D eigenvalue weighted by Crippen LogP contribution is -2.29. The van der Waals surface area contributed by atoms with Crippen LogP contribution < -0.4 is 4.90 Å². The molecule has 0 spiro atoms. The summed E-state index contributed by atoms with van der Waals surface area (Å²) in [5, 5.41) is 20.4. The van der Waals surface area contributed by atoms with Crippen LogP contribution in [0.1, 0.15) is 17.2 Å². The Morgan fingerprint density at radius 2 is 1.48 bits per heavy atom. The number of benzene rings is 3. The minimum absolute atomic E-state index is 0.00736. The first kappa shape index (κ1) is 18.4. The zero-order valence-electron chi connectivity index (χ0n) is 15.1. The molecule has 0 saturated carbocycles. The summed E-state index contributed by atoms with van der Waals surface area (Å²) in [6.45, 7) is 0. The largest absolute Gasteiger partial charge is 0.508 e. The van der Waals surface area contributed by atoms with Crippen molar-refractivity contribution in [3.8, 4) is 5.75 Å². The number of ketones is 1. The van der Waals surface area contributed by atoms with Gasteiger partial charge in [0.15, 0.2) is 0 Å². The van der Waals surface area contributed by atoms with Crippen LogP contribution in [0.5, 0.6) is 5.75 Å². The molecule has 0 aromatic heterocycles. The third-order valence-corrected chi connectivity index (χ3v) is 4.81. The van der Waals surface area contributed by atoms with Gasteiger partial charge in [0.05, 0.1) is 11.6 Å². The standard InChI is InChI=1S/C23H16FNO4/c24-16-8-6-14(7-9-16)20-19(21(27)15-4-2-1-3-5-15)22(28)23(29)25(20)17-10-12-18(26)13-11-17/h1-13,20,26-27H. The Labute approximate surface area is 166 Å². The molecule has 144 valence electrons. The van der Waals surface area contributed by atoms with Crippen LogP contribution in [-0.4, -0.2) is 21.9 Å². The van der Waals surface area contributed by atoms with Crippen molar-refractivity contribution in [1.82, 2.24) is 0 Å². The quantitative estimate of drug-likeness (QED) is 0.401. The number of phenols is 1. The topological polar surface area (TPSA) is 77.8 Å². The molecule has 1 fully saturated rings. The van der Waals surface area contributed by atoms with E-state index in [1.807, 2.05) is 0 Å². The maximum atomic E-state index is 13.5. The van der Waals surface area contributed by atoms with Crippen LogP contribution in [0, 0.1) is 5.82 Å². The van der Waals surface area contributed by atoms with Gasteiger partial charge in [0.25, 0.3) is 11.7 Å². The zero-order chi connectivity index (χ0) is 20.5. The third kappa shape index (κ3) is 3.25. The van der Waals surface area contributed by atoms with Gasteiger partial charge in [-0.1, -0.05) is 42.5 Å². The van der Waals surface area contributed by atoms with Gasteiger partial charge in [-0.05, 0) is 42.0 Å². The number of nitrogens with zero attached hydrogens (tertiary/aromatic N) is 1. The predicted octanol–water partition coefficient (Wildman–Crippen LogP) is 4.16. The number of halogens is 1. The second-order valence-corrected chi connectivity index (χ2v) is 6.60. The van der Waals surface area contributed by atoms with Crippen LogP contribution in [0.25, 0.3) is 5.76 Å². The van der Waals surface area contributed by atoms with Crippen LogP contribution in [0.3, 0.4) is 0 Å². The van der Waals surface area contributed by atoms with Gasteiger partial charge in [0, 0.05) is 11.3 Å². The predicted molar refractivity (Wildman–Crippen MR) is 106 cm³/mol. The first-order valence-corrected chi connectivity index (χ1v) is 8.88. The van der Waals surface area contributed by atoms with Crippen molar-refractivity contribution in [2.24, 2.45) is 0 Å². The number of phenolic OH excluding ortho intramolecular Hbond substituents is 1. The van der Waals surface area contributed by atoms with Crippen molar-refractivity contribution in [2.75, 3.05) is 4.90 Å². The summed E-state index contributed by atoms with van der Waals surface area (Å²) >= 11 is 0. The lowest BCUT2D eigenvalue weighted by Gasteiger charge is -2.25. The average Bonchev–Trinajstić information content (AvgIpc) is 3.00. The number of carbonyl (C=O) groups excluding carboxylic acids is 2. The van der Waals surface area contributed by atoms with Gasteiger partial charge in [0.2, 0.25) is 0 Å². The Hall–Kier alpha value is -3.93. The molecule has 4 rings (SSSR count). The van der Waals surface area contributed by atoms with Gasteiger partial charge in [-0.15, -0.1) is 0 Å². The molecule has 29 heavy (non-hydrogen) atoms. The van der Waals surface area contributed by atoms with Crippen molar-refractivity contribution in [2.45, 2.75) is 6.04 Å². The Morgan fingerprint density at radius 1 is 0.862 bits per heavy atom. The zero-order valence-corrected chi connectivity index (χ0v) is 15.1. The summed E-state index contributed by atoms with van der Waals surface area (Å²) in [4.78, 5) is 27.0. The van der Waals surface area contributed by atoms with E-state index in [9.17, 15) is 24.2 Å². The van der Waals surface area contributed by atoms with Gasteiger partial charge in [-0.25, -0.2) is 4.39 Å². The molecular formula is C23H16FNO4. The van der Waals surface area contributed by atoms with Crippen molar-refractivity contribution in [1.29, 1.82) is 0 Å². The smallest absolute Gasteiger partial charge is 0.300 e. The van der Waals surface area contributed by atoms with E-state index in [0.29, 0.717) is 16.8 Å². The molecule has 0 radical (unpaired) electrons. The van der Waals surface area contributed by atoms with Crippen LogP contribution in [0.4, 0.5) is 10.1 Å². The Balaban J connectivity index is 1.94. The summed E-state index contributed by atoms with van der Waals surface area (Å²) in [7, 11) is 0. The minimum atomic E-state index is -0.944. The van der Waals surface area contributed by atoms with Crippen molar-refractivity contribution in [3.63, 3.8) is 0 Å². The summed E-state index contributed by atoms with van der Waals surface area (Å²) in [6, 6.07) is 18.7. The van der Waals surface area contributed by atoms with E-state index < -0.39 is 23.5 Å². The van der Waals surface area contributed by atoms with Gasteiger partial charge in [-0.2, -0.15) is 0 Å². The first-order chi connectivity index (χ1) is 14.0. The number of hydrogen-bond acceptors (Lipinski definition) is 4. The number of carbonyl (C=O) groups is 2. The van der Waals surface area contributed by atoms with Crippen LogP contribution in [0.2, 0.25) is 0 Å². The molecule has 3 aromatic rings. The number of anilines is 1. The molecule has 3 aromatic carbocycles. The van der Waals surface area contributed by atoms with Gasteiger partial charge < -0.3 is 10.2 Å². The lowest BCUT2D eigenvalue weighted by molar-refractivity contribution is -0.132. The molecule has 1 heterocycles. The van der Waals surface area contributed by atoms with Crippen LogP contribution in [-0.2, 0) is 9.59 Å². The number of aromatic hydroxyl groups is 1. The minimum Gasteiger partial charge on any atom is -0.508 e. The van der Waals surface area contributed by atoms with E-state index >= 15 is 0 Å². The van der Waals surface area contributed by atoms with E-state index in [1.54, 1.807) is 30.3 Å². The maximum Gasteiger partial charge on any atom is 0.300 e. The molecule has 2 N–H and O–H groups in total. The van der Waals surface area contributed by atoms with Gasteiger partial charge >= 0.3 is 0 Å². The normalized spacial score (nSPS) is 18.2. The molecule has 1 atom stereocenters. The number of Topliss-reactive ketones (excluding diaryl/α,β-unsaturated/α-hetero) is 1. The van der Waals surface area contributed by atoms with E-state index in [2.05, 4.69) is 0 Å². The molecule has 0 aliphatic carbocycles. The molecule has 5 nitrogen and oxygen atoms in total. The molecule has 1 aliphatic rings. The molecule has 1 amide bonds. The Kier molecular flexibility index (Phi) is 4.60. The number of aliphatic hydroxyl groups is 1. The van der Waals surface area contributed by atoms with E-state index in [1.165, 1.54) is 53.4 Å². The molecule has 6 heteroatoms. The second-order valence-electron chi connectivity index (χ2n) is 6.60. The van der Waals surface area contributed by atoms with E-state index in [4.69, 9.17) is 0 Å². The highest BCUT2D eigenvalue weighted by Crippen LogP contribution is 2.42. The highest BCUT2D eigenvalue weighted by Gasteiger charge is 2.46. The second kappa shape index (κ2) is 7.24. The average molecular weight is 389 g/mol. The fourth-order valence-electron chi connectivity index (χ4n) is 3.42. The SMILES string of the molecule is O=C1C(=O)N(c2ccc(O)cc2)C(c2ccc(F)cc2)C1=C(O)c1ccccc1. The summed E-state index contributed by atoms with van der Waals surface area (Å²) in [5.41, 5.74) is 1.15. The van der Waals surface area contributed by atoms with Crippen LogP contribution in [0.15, 0.2) is 84.4 Å². The van der Waals surface area contributed by atoms with E-state index in [-0.39, 0.29) is 17.1 Å². The fraction of sp³-hybridized carbons (Fsp3) is 0.0435. The third-order valence-electron chi connectivity index (χ3n) is 4.81. The summed E-state index contributed by atoms with van der Waals surface area (Å²) in [5.74, 6) is -2.41. The van der Waals surface area contributed by atoms with E-state index in [0.717, 1.165) is 0 Å². The summed E-state index contributed by atoms with van der Waals surface area (Å²) in [6.07, 6.45) is 0. The molecule has 1 unspecified atom stereocenters. The highest BCUT2D eigenvalue weighted by molar-refractivity contribution is 6.51. The Morgan fingerprint density at radius 3 is 2.10 bits per heavy atom. The van der Waals surface area contributed by atoms with Crippen molar-refractivity contribution >= 4 is 23.1 Å². The number of rotatable bonds is 3. The summed E-state index contributed by atoms with van der Waals surface area (Å²) < 4.78 is 13.5. The number of amides is 1. The van der Waals surface area contributed by atoms with Gasteiger partial charge in [-0.3, -0.25) is 14.5 Å². The molecular weight excluding hydrogens is 373 g/mol. The monoisotopic (exact) mass is 389 g/mol. The highest BCUT2D eigenvalue weighted by atomic mass is 19.1. The molecule has 1 saturated heterocycles. The van der Waals surface area contributed by atoms with Crippen LogP contribution >= 0.6 is 0 Å². The fourth-order valence-corrected chi connectivity index (χ4v) is 3.42. The van der Waals surface area contributed by atoms with Crippen molar-refractivity contribution < 1.29 is 24.2 Å². The Bertz CT molecular complexity index is 1110. The maximum absolute atomic E-state index is 13.5. The molecule has 0 bridgehead atoms. The molecule has 1 aliphatic heterocycles. The van der Waals surface area contributed by atoms with Crippen molar-refractivity contribution in [3.05, 3.63) is 101 Å². The number of aliphatic hydroxyl groups excluding tert-OH is 1. The first-order valence-electron chi connectivity index (χ1n) is 8.88. The number of hydrogen-bond donors (Lipinski definition) is 2. The lowest BCUT2D eigenvalue weighted by atomic mass is 9.95. The van der Waals surface area contributed by atoms with Gasteiger partial charge in [0.1, 0.15) is 17.3 Å².